The van der Waals surface area contributed by atoms with Gasteiger partial charge in [-0.25, -0.2) is 4.98 Å². The molecular formula is C14H14N4OS3. The first-order valence-corrected chi connectivity index (χ1v) is 9.31. The van der Waals surface area contributed by atoms with Crippen LogP contribution in [-0.4, -0.2) is 21.1 Å². The summed E-state index contributed by atoms with van der Waals surface area (Å²) in [5.74, 6) is 0.199. The van der Waals surface area contributed by atoms with Gasteiger partial charge in [-0.3, -0.25) is 4.79 Å². The minimum atomic E-state index is -0.116. The number of carbonyl (C=O) groups is 1. The second kappa shape index (κ2) is 6.64. The summed E-state index contributed by atoms with van der Waals surface area (Å²) < 4.78 is 0. The van der Waals surface area contributed by atoms with Crippen molar-refractivity contribution < 1.29 is 4.79 Å². The summed E-state index contributed by atoms with van der Waals surface area (Å²) in [6.07, 6.45) is 0.248. The van der Waals surface area contributed by atoms with Crippen molar-refractivity contribution >= 4 is 45.0 Å². The molecule has 3 aromatic rings. The summed E-state index contributed by atoms with van der Waals surface area (Å²) in [7, 11) is 0. The van der Waals surface area contributed by atoms with Crippen LogP contribution in [0, 0.1) is 0 Å². The molecule has 0 unspecified atom stereocenters. The lowest BCUT2D eigenvalue weighted by molar-refractivity contribution is -0.115. The molecule has 0 fully saturated rings. The molecule has 3 heterocycles. The van der Waals surface area contributed by atoms with Crippen molar-refractivity contribution in [3.8, 4) is 9.88 Å². The topological polar surface area (TPSA) is 67.8 Å². The molecule has 8 heteroatoms. The summed E-state index contributed by atoms with van der Waals surface area (Å²) in [4.78, 5) is 17.7. The third kappa shape index (κ3) is 3.57. The number of rotatable bonds is 5. The molecule has 0 aliphatic carbocycles. The van der Waals surface area contributed by atoms with Gasteiger partial charge in [-0.15, -0.1) is 32.9 Å². The largest absolute Gasteiger partial charge is 0.300 e. The number of nitrogens with zero attached hydrogens (tertiary/aromatic N) is 3. The zero-order valence-corrected chi connectivity index (χ0v) is 14.5. The average molecular weight is 350 g/mol. The van der Waals surface area contributed by atoms with Gasteiger partial charge in [0.2, 0.25) is 11.0 Å². The van der Waals surface area contributed by atoms with Gasteiger partial charge in [0.05, 0.1) is 17.0 Å². The summed E-state index contributed by atoms with van der Waals surface area (Å²) in [5, 5.41) is 17.2. The lowest BCUT2D eigenvalue weighted by Gasteiger charge is -1.98. The molecule has 1 N–H and O–H groups in total. The number of hydrogen-bond donors (Lipinski definition) is 1. The maximum atomic E-state index is 12.1. The molecule has 22 heavy (non-hydrogen) atoms. The smallest absolute Gasteiger partial charge is 0.232 e. The van der Waals surface area contributed by atoms with Gasteiger partial charge >= 0.3 is 0 Å². The van der Waals surface area contributed by atoms with E-state index in [0.29, 0.717) is 11.0 Å². The van der Waals surface area contributed by atoms with E-state index in [4.69, 9.17) is 0 Å². The summed E-state index contributed by atoms with van der Waals surface area (Å²) in [6.45, 7) is 4.10. The predicted molar refractivity (Wildman–Crippen MR) is 91.8 cm³/mol. The molecule has 0 spiro atoms. The van der Waals surface area contributed by atoms with Crippen LogP contribution < -0.4 is 5.32 Å². The summed E-state index contributed by atoms with van der Waals surface area (Å²) in [5.41, 5.74) is 0.777. The molecule has 0 atom stereocenters. The van der Waals surface area contributed by atoms with Gasteiger partial charge in [0.1, 0.15) is 10.0 Å². The molecule has 0 saturated heterocycles. The molecule has 3 rings (SSSR count). The molecule has 114 valence electrons. The molecule has 0 aliphatic heterocycles. The Bertz CT molecular complexity index is 761. The highest BCUT2D eigenvalue weighted by Gasteiger charge is 2.13. The molecule has 0 radical (unpaired) electrons. The molecule has 0 aromatic carbocycles. The van der Waals surface area contributed by atoms with Crippen LogP contribution in [0.4, 0.5) is 5.13 Å². The quantitative estimate of drug-likeness (QED) is 0.754. The number of carbonyl (C=O) groups excluding carboxylic acids is 1. The van der Waals surface area contributed by atoms with E-state index in [-0.39, 0.29) is 12.3 Å². The molecule has 0 bridgehead atoms. The predicted octanol–water partition coefficient (Wildman–Crippen LogP) is 4.03. The third-order valence-corrected chi connectivity index (χ3v) is 5.88. The van der Waals surface area contributed by atoms with Crippen molar-refractivity contribution in [2.24, 2.45) is 0 Å². The molecule has 0 saturated carbocycles. The minimum Gasteiger partial charge on any atom is -0.300 e. The number of nitrogens with one attached hydrogen (secondary N) is 1. The fourth-order valence-corrected chi connectivity index (χ4v) is 4.14. The van der Waals surface area contributed by atoms with Crippen molar-refractivity contribution in [2.45, 2.75) is 26.2 Å². The van der Waals surface area contributed by atoms with Crippen LogP contribution in [0.5, 0.6) is 0 Å². The average Bonchev–Trinajstić information content (AvgIpc) is 3.18. The Hall–Kier alpha value is -1.64. The summed E-state index contributed by atoms with van der Waals surface area (Å²) in [6, 6.07) is 4.03. The fraction of sp³-hybridized carbons (Fsp3) is 0.286. The Morgan fingerprint density at radius 1 is 1.32 bits per heavy atom. The van der Waals surface area contributed by atoms with E-state index in [1.807, 2.05) is 36.7 Å². The molecule has 3 aromatic heterocycles. The van der Waals surface area contributed by atoms with Gasteiger partial charge in [-0.1, -0.05) is 31.3 Å². The maximum Gasteiger partial charge on any atom is 0.232 e. The lowest BCUT2D eigenvalue weighted by Crippen LogP contribution is -2.14. The van der Waals surface area contributed by atoms with Crippen molar-refractivity contribution in [3.63, 3.8) is 0 Å². The highest BCUT2D eigenvalue weighted by atomic mass is 32.1. The van der Waals surface area contributed by atoms with Gasteiger partial charge < -0.3 is 5.32 Å². The van der Waals surface area contributed by atoms with Gasteiger partial charge in [-0.05, 0) is 11.4 Å². The van der Waals surface area contributed by atoms with E-state index in [0.717, 1.165) is 20.6 Å². The first kappa shape index (κ1) is 15.3. The van der Waals surface area contributed by atoms with Crippen LogP contribution in [0.1, 0.15) is 30.5 Å². The van der Waals surface area contributed by atoms with Crippen molar-refractivity contribution in [1.82, 2.24) is 15.2 Å². The Kier molecular flexibility index (Phi) is 4.60. The second-order valence-electron chi connectivity index (χ2n) is 4.95. The van der Waals surface area contributed by atoms with Crippen LogP contribution in [0.25, 0.3) is 9.88 Å². The summed E-state index contributed by atoms with van der Waals surface area (Å²) >= 11 is 4.62. The van der Waals surface area contributed by atoms with Gasteiger partial charge in [0.15, 0.2) is 0 Å². The molecular weight excluding hydrogens is 336 g/mol. The Labute approximate surface area is 140 Å². The number of hydrogen-bond acceptors (Lipinski definition) is 7. The second-order valence-corrected chi connectivity index (χ2v) is 7.76. The van der Waals surface area contributed by atoms with Crippen LogP contribution in [-0.2, 0) is 11.2 Å². The molecule has 1 amide bonds. The van der Waals surface area contributed by atoms with E-state index >= 15 is 0 Å². The van der Waals surface area contributed by atoms with Crippen LogP contribution in [0.2, 0.25) is 0 Å². The van der Waals surface area contributed by atoms with E-state index in [9.17, 15) is 4.79 Å². The van der Waals surface area contributed by atoms with Gasteiger partial charge in [0, 0.05) is 11.3 Å². The Morgan fingerprint density at radius 2 is 2.18 bits per heavy atom. The minimum absolute atomic E-state index is 0.116. The third-order valence-electron chi connectivity index (χ3n) is 2.81. The van der Waals surface area contributed by atoms with E-state index in [2.05, 4.69) is 20.5 Å². The van der Waals surface area contributed by atoms with Crippen molar-refractivity contribution in [2.75, 3.05) is 5.32 Å². The van der Waals surface area contributed by atoms with Gasteiger partial charge in [0.25, 0.3) is 0 Å². The van der Waals surface area contributed by atoms with Crippen molar-refractivity contribution in [3.05, 3.63) is 33.6 Å². The maximum absolute atomic E-state index is 12.1. The number of thiazole rings is 1. The van der Waals surface area contributed by atoms with Crippen molar-refractivity contribution in [1.29, 1.82) is 0 Å². The highest BCUT2D eigenvalue weighted by Crippen LogP contribution is 2.28. The van der Waals surface area contributed by atoms with Gasteiger partial charge in [-0.2, -0.15) is 0 Å². The fourth-order valence-electron chi connectivity index (χ4n) is 1.75. The lowest BCUT2D eigenvalue weighted by atomic mass is 10.2. The number of thiophene rings is 1. The SMILES string of the molecule is CC(C)c1nnc(NC(=O)Cc2csc(-c3cccs3)n2)s1. The molecule has 0 aliphatic rings. The van der Waals surface area contributed by atoms with Crippen LogP contribution in [0.15, 0.2) is 22.9 Å². The highest BCUT2D eigenvalue weighted by molar-refractivity contribution is 7.20. The van der Waals surface area contributed by atoms with E-state index in [1.54, 1.807) is 22.7 Å². The zero-order valence-electron chi connectivity index (χ0n) is 12.1. The Balaban J connectivity index is 1.62. The monoisotopic (exact) mass is 350 g/mol. The van der Waals surface area contributed by atoms with Crippen LogP contribution >= 0.6 is 34.0 Å². The van der Waals surface area contributed by atoms with E-state index in [1.165, 1.54) is 11.3 Å². The number of aromatic nitrogens is 3. The van der Waals surface area contributed by atoms with E-state index < -0.39 is 0 Å². The molecule has 5 nitrogen and oxygen atoms in total. The standard InChI is InChI=1S/C14H14N4OS3/c1-8(2)12-17-18-14(22-12)16-11(19)6-9-7-21-13(15-9)10-4-3-5-20-10/h3-5,7-8H,6H2,1-2H3,(H,16,18,19). The number of anilines is 1. The zero-order chi connectivity index (χ0) is 15.5. The van der Waals surface area contributed by atoms with Crippen LogP contribution in [0.3, 0.4) is 0 Å². The first-order valence-electron chi connectivity index (χ1n) is 6.73. The Morgan fingerprint density at radius 3 is 2.86 bits per heavy atom. The number of amides is 1. The normalized spacial score (nSPS) is 11.0. The first-order chi connectivity index (χ1) is 10.6.